The monoisotopic (exact) mass is 590 g/mol. The van der Waals surface area contributed by atoms with Crippen LogP contribution in [0.5, 0.6) is 17.2 Å². The lowest BCUT2D eigenvalue weighted by molar-refractivity contribution is -0.138. The van der Waals surface area contributed by atoms with Crippen LogP contribution in [-0.4, -0.2) is 31.0 Å². The zero-order valence-corrected chi connectivity index (χ0v) is 24.2. The minimum absolute atomic E-state index is 0.159. The third-order valence-electron chi connectivity index (χ3n) is 7.49. The van der Waals surface area contributed by atoms with Crippen molar-refractivity contribution in [3.8, 4) is 17.2 Å². The fourth-order valence-corrected chi connectivity index (χ4v) is 6.60. The van der Waals surface area contributed by atoms with Gasteiger partial charge in [0.1, 0.15) is 11.8 Å². The number of carbonyl (C=O) groups is 1. The van der Waals surface area contributed by atoms with Crippen molar-refractivity contribution in [3.05, 3.63) is 127 Å². The summed E-state index contributed by atoms with van der Waals surface area (Å²) < 4.78 is 24.5. The maximum Gasteiger partial charge on any atom is 0.338 e. The van der Waals surface area contributed by atoms with Gasteiger partial charge >= 0.3 is 5.97 Å². The highest BCUT2D eigenvalue weighted by molar-refractivity contribution is 7.07. The first-order valence-corrected chi connectivity index (χ1v) is 14.6. The number of ether oxygens (including phenoxy) is 4. The molecule has 0 bridgehead atoms. The minimum atomic E-state index is -0.870. The van der Waals surface area contributed by atoms with E-state index in [4.69, 9.17) is 23.9 Å². The average Bonchev–Trinajstić information content (AvgIpc) is 3.63. The molecule has 1 unspecified atom stereocenters. The van der Waals surface area contributed by atoms with Crippen LogP contribution in [0.2, 0.25) is 0 Å². The number of aromatic nitrogens is 1. The summed E-state index contributed by atoms with van der Waals surface area (Å²) in [5.41, 5.74) is 2.64. The topological polar surface area (TPSA) is 88.4 Å². The van der Waals surface area contributed by atoms with Gasteiger partial charge in [-0.1, -0.05) is 78.1 Å². The molecule has 5 aromatic rings. The highest BCUT2D eigenvalue weighted by Crippen LogP contribution is 2.42. The molecular formula is C34H26N2O6S. The molecule has 0 saturated heterocycles. The molecule has 0 spiro atoms. The van der Waals surface area contributed by atoms with Crippen molar-refractivity contribution in [2.45, 2.75) is 13.0 Å². The molecule has 3 heterocycles. The summed E-state index contributed by atoms with van der Waals surface area (Å²) in [6.07, 6.45) is 1.80. The summed E-state index contributed by atoms with van der Waals surface area (Å²) >= 11 is 1.26. The van der Waals surface area contributed by atoms with Crippen LogP contribution in [0.4, 0.5) is 0 Å². The molecule has 43 heavy (non-hydrogen) atoms. The number of carbonyl (C=O) groups excluding carboxylic acids is 1. The zero-order valence-electron chi connectivity index (χ0n) is 23.4. The lowest BCUT2D eigenvalue weighted by Gasteiger charge is -2.28. The van der Waals surface area contributed by atoms with E-state index in [1.54, 1.807) is 24.7 Å². The number of hydrogen-bond donors (Lipinski definition) is 0. The largest absolute Gasteiger partial charge is 0.496 e. The number of thiazole rings is 1. The molecule has 0 N–H and O–H groups in total. The molecule has 214 valence electrons. The molecule has 1 aromatic heterocycles. The van der Waals surface area contributed by atoms with Crippen molar-refractivity contribution in [1.82, 2.24) is 4.57 Å². The van der Waals surface area contributed by atoms with Crippen LogP contribution < -0.4 is 29.1 Å². The van der Waals surface area contributed by atoms with Gasteiger partial charge in [-0.2, -0.15) is 0 Å². The van der Waals surface area contributed by atoms with Crippen molar-refractivity contribution in [2.75, 3.05) is 20.5 Å². The van der Waals surface area contributed by atoms with Gasteiger partial charge < -0.3 is 18.9 Å². The fourth-order valence-electron chi connectivity index (χ4n) is 5.60. The van der Waals surface area contributed by atoms with Gasteiger partial charge in [0.15, 0.2) is 16.3 Å². The Hall–Kier alpha value is -5.15. The fraction of sp³-hybridized carbons (Fsp3) is 0.147. The molecule has 7 rings (SSSR count). The van der Waals surface area contributed by atoms with Crippen LogP contribution >= 0.6 is 11.3 Å². The number of hydrogen-bond acceptors (Lipinski definition) is 8. The van der Waals surface area contributed by atoms with Crippen molar-refractivity contribution in [3.63, 3.8) is 0 Å². The van der Waals surface area contributed by atoms with E-state index in [1.807, 2.05) is 84.9 Å². The molecule has 0 fully saturated rings. The smallest absolute Gasteiger partial charge is 0.338 e. The highest BCUT2D eigenvalue weighted by atomic mass is 32.1. The predicted molar refractivity (Wildman–Crippen MR) is 164 cm³/mol. The van der Waals surface area contributed by atoms with E-state index in [1.165, 1.54) is 11.3 Å². The van der Waals surface area contributed by atoms with Gasteiger partial charge in [0.05, 0.1) is 29.5 Å². The average molecular weight is 591 g/mol. The second-order valence-electron chi connectivity index (χ2n) is 9.95. The molecule has 0 amide bonds. The molecule has 0 aliphatic carbocycles. The number of fused-ring (bicyclic) bond motifs is 3. The van der Waals surface area contributed by atoms with Crippen LogP contribution in [0.25, 0.3) is 22.5 Å². The summed E-state index contributed by atoms with van der Waals surface area (Å²) in [6.45, 7) is 2.08. The molecule has 2 aliphatic heterocycles. The Bertz CT molecular complexity index is 2110. The number of rotatable bonds is 6. The van der Waals surface area contributed by atoms with E-state index in [0.29, 0.717) is 37.8 Å². The van der Waals surface area contributed by atoms with Gasteiger partial charge in [-0.05, 0) is 47.5 Å². The van der Waals surface area contributed by atoms with Crippen molar-refractivity contribution in [1.29, 1.82) is 0 Å². The molecule has 0 radical (unpaired) electrons. The van der Waals surface area contributed by atoms with E-state index in [9.17, 15) is 9.59 Å². The highest BCUT2D eigenvalue weighted by Gasteiger charge is 2.37. The third-order valence-corrected chi connectivity index (χ3v) is 8.48. The van der Waals surface area contributed by atoms with Crippen molar-refractivity contribution >= 4 is 39.9 Å². The first-order chi connectivity index (χ1) is 21.1. The van der Waals surface area contributed by atoms with Gasteiger partial charge in [-0.25, -0.2) is 9.79 Å². The first-order valence-electron chi connectivity index (χ1n) is 13.8. The number of methoxy groups -OCH3 is 1. The Labute approximate surface area is 250 Å². The SMILES string of the molecule is CCOC(=O)C1=C(c2ccccc2)N=c2s/c(=C\c3ccc4c(c3)OCO4)c(=O)n2C1c1c(OC)ccc2ccccc12. The standard InChI is InChI=1S/C34H26N2O6S/c1-3-40-33(38)29-30(22-10-5-4-6-11-22)35-34-36(31(29)28-23-12-8-7-9-21(23)14-16-25(28)39-2)32(37)27(43-34)18-20-13-15-24-26(17-20)42-19-41-24/h4-18,31H,3,19H2,1-2H3/b27-18-. The lowest BCUT2D eigenvalue weighted by atomic mass is 9.89. The molecule has 2 aliphatic rings. The molecule has 0 saturated carbocycles. The summed E-state index contributed by atoms with van der Waals surface area (Å²) in [5, 5.41) is 1.80. The Morgan fingerprint density at radius 3 is 2.63 bits per heavy atom. The van der Waals surface area contributed by atoms with E-state index in [2.05, 4.69) is 0 Å². The number of esters is 1. The molecule has 9 heteroatoms. The van der Waals surface area contributed by atoms with Crippen LogP contribution in [-0.2, 0) is 9.53 Å². The second kappa shape index (κ2) is 10.9. The van der Waals surface area contributed by atoms with E-state index in [-0.39, 0.29) is 24.5 Å². The zero-order chi connectivity index (χ0) is 29.5. The predicted octanol–water partition coefficient (Wildman–Crippen LogP) is 4.83. The maximum absolute atomic E-state index is 14.4. The summed E-state index contributed by atoms with van der Waals surface area (Å²) in [5.74, 6) is 1.28. The summed E-state index contributed by atoms with van der Waals surface area (Å²) in [7, 11) is 1.59. The van der Waals surface area contributed by atoms with E-state index >= 15 is 0 Å². The van der Waals surface area contributed by atoms with Crippen molar-refractivity contribution in [2.24, 2.45) is 4.99 Å². The number of benzene rings is 4. The van der Waals surface area contributed by atoms with Gasteiger partial charge in [-0.3, -0.25) is 9.36 Å². The first kappa shape index (κ1) is 26.7. The van der Waals surface area contributed by atoms with Crippen LogP contribution in [0.1, 0.15) is 29.7 Å². The lowest BCUT2D eigenvalue weighted by Crippen LogP contribution is -2.40. The van der Waals surface area contributed by atoms with Gasteiger partial charge in [0, 0.05) is 11.1 Å². The molecule has 1 atom stereocenters. The Morgan fingerprint density at radius 2 is 1.81 bits per heavy atom. The van der Waals surface area contributed by atoms with Crippen molar-refractivity contribution < 1.29 is 23.7 Å². The quantitative estimate of drug-likeness (QED) is 0.264. The van der Waals surface area contributed by atoms with E-state index < -0.39 is 12.0 Å². The normalized spacial score (nSPS) is 15.8. The summed E-state index contributed by atoms with van der Waals surface area (Å²) in [4.78, 5) is 33.7. The second-order valence-corrected chi connectivity index (χ2v) is 11.0. The van der Waals surface area contributed by atoms with Gasteiger partial charge in [0.2, 0.25) is 6.79 Å². The maximum atomic E-state index is 14.4. The Morgan fingerprint density at radius 1 is 1.02 bits per heavy atom. The van der Waals surface area contributed by atoms with Gasteiger partial charge in [0.25, 0.3) is 5.56 Å². The molecular weight excluding hydrogens is 564 g/mol. The molecule has 8 nitrogen and oxygen atoms in total. The Balaban J connectivity index is 1.57. The molecule has 4 aromatic carbocycles. The van der Waals surface area contributed by atoms with Gasteiger partial charge in [-0.15, -0.1) is 0 Å². The minimum Gasteiger partial charge on any atom is -0.496 e. The van der Waals surface area contributed by atoms with E-state index in [0.717, 1.165) is 21.9 Å². The van der Waals surface area contributed by atoms with Crippen LogP contribution in [0.3, 0.4) is 0 Å². The van der Waals surface area contributed by atoms with Crippen LogP contribution in [0.15, 0.2) is 100 Å². The van der Waals surface area contributed by atoms with Crippen LogP contribution in [0, 0.1) is 0 Å². The number of nitrogens with zero attached hydrogens (tertiary/aromatic N) is 2. The summed E-state index contributed by atoms with van der Waals surface area (Å²) in [6, 6.07) is 25.8. The third kappa shape index (κ3) is 4.58. The Kier molecular flexibility index (Phi) is 6.79.